The molecule has 1 aromatic heterocycles. The molecule has 0 aliphatic heterocycles. The lowest BCUT2D eigenvalue weighted by molar-refractivity contribution is 0.102. The molecule has 0 atom stereocenters. The Morgan fingerprint density at radius 1 is 0.917 bits per heavy atom. The largest absolute Gasteiger partial charge is 0.493 e. The summed E-state index contributed by atoms with van der Waals surface area (Å²) in [6, 6.07) is 16.6. The molecule has 0 unspecified atom stereocenters. The van der Waals surface area contributed by atoms with Crippen LogP contribution in [0.2, 0.25) is 0 Å². The molecule has 0 spiro atoms. The molecule has 3 aromatic rings. The van der Waals surface area contributed by atoms with Gasteiger partial charge in [-0.15, -0.1) is 0 Å². The molecule has 1 heterocycles. The molecule has 3 rings (SSSR count). The summed E-state index contributed by atoms with van der Waals surface area (Å²) in [6.07, 6.45) is 3.91. The van der Waals surface area contributed by atoms with Crippen LogP contribution in [0.3, 0.4) is 0 Å². The van der Waals surface area contributed by atoms with Crippen LogP contribution in [0.1, 0.15) is 10.4 Å². The molecular formula is C19H18N2O3. The number of amides is 1. The summed E-state index contributed by atoms with van der Waals surface area (Å²) < 4.78 is 12.4. The second-order valence-electron chi connectivity index (χ2n) is 5.16. The number of anilines is 1. The van der Waals surface area contributed by atoms with E-state index in [0.717, 1.165) is 5.69 Å². The van der Waals surface area contributed by atoms with E-state index in [1.807, 2.05) is 41.2 Å². The summed E-state index contributed by atoms with van der Waals surface area (Å²) in [6.45, 7) is 0. The number of hydrogen-bond acceptors (Lipinski definition) is 3. The first-order valence-electron chi connectivity index (χ1n) is 7.48. The lowest BCUT2D eigenvalue weighted by Crippen LogP contribution is -2.12. The highest BCUT2D eigenvalue weighted by molar-refractivity contribution is 6.04. The number of ether oxygens (including phenoxy) is 2. The Morgan fingerprint density at radius 2 is 1.58 bits per heavy atom. The number of nitrogens with zero attached hydrogens (tertiary/aromatic N) is 1. The van der Waals surface area contributed by atoms with E-state index in [9.17, 15) is 4.79 Å². The Labute approximate surface area is 140 Å². The van der Waals surface area contributed by atoms with Crippen molar-refractivity contribution in [2.45, 2.75) is 0 Å². The van der Waals surface area contributed by atoms with Gasteiger partial charge in [0, 0.05) is 35.4 Å². The van der Waals surface area contributed by atoms with Gasteiger partial charge in [-0.1, -0.05) is 0 Å². The molecule has 122 valence electrons. The second-order valence-corrected chi connectivity index (χ2v) is 5.16. The summed E-state index contributed by atoms with van der Waals surface area (Å²) in [5, 5.41) is 2.86. The topological polar surface area (TPSA) is 52.5 Å². The predicted molar refractivity (Wildman–Crippen MR) is 93.3 cm³/mol. The van der Waals surface area contributed by atoms with Crippen molar-refractivity contribution < 1.29 is 14.3 Å². The van der Waals surface area contributed by atoms with Gasteiger partial charge in [0.15, 0.2) is 11.5 Å². The van der Waals surface area contributed by atoms with Gasteiger partial charge in [-0.3, -0.25) is 4.79 Å². The van der Waals surface area contributed by atoms with Gasteiger partial charge in [-0.2, -0.15) is 0 Å². The molecule has 5 nitrogen and oxygen atoms in total. The van der Waals surface area contributed by atoms with Crippen LogP contribution in [0, 0.1) is 0 Å². The van der Waals surface area contributed by atoms with E-state index in [-0.39, 0.29) is 5.91 Å². The Bertz CT molecular complexity index is 824. The third-order valence-corrected chi connectivity index (χ3v) is 3.67. The van der Waals surface area contributed by atoms with Crippen LogP contribution < -0.4 is 14.8 Å². The van der Waals surface area contributed by atoms with Gasteiger partial charge in [0.2, 0.25) is 0 Å². The third-order valence-electron chi connectivity index (χ3n) is 3.67. The van der Waals surface area contributed by atoms with Gasteiger partial charge in [0.25, 0.3) is 5.91 Å². The number of hydrogen-bond donors (Lipinski definition) is 1. The minimum Gasteiger partial charge on any atom is -0.493 e. The third kappa shape index (κ3) is 3.25. The number of aromatic nitrogens is 1. The van der Waals surface area contributed by atoms with Gasteiger partial charge >= 0.3 is 0 Å². The number of methoxy groups -OCH3 is 2. The van der Waals surface area contributed by atoms with Gasteiger partial charge in [0.05, 0.1) is 14.2 Å². The van der Waals surface area contributed by atoms with E-state index in [1.54, 1.807) is 44.6 Å². The SMILES string of the molecule is COc1ccc(NC(=O)c2ccc(-n3cccc3)cc2)cc1OC. The van der Waals surface area contributed by atoms with Gasteiger partial charge in [-0.05, 0) is 48.5 Å². The minimum absolute atomic E-state index is 0.179. The van der Waals surface area contributed by atoms with Crippen molar-refractivity contribution in [2.24, 2.45) is 0 Å². The van der Waals surface area contributed by atoms with Gasteiger partial charge in [0.1, 0.15) is 0 Å². The first kappa shape index (κ1) is 15.7. The average Bonchev–Trinajstić information content (AvgIpc) is 3.16. The fraction of sp³-hybridized carbons (Fsp3) is 0.105. The fourth-order valence-corrected chi connectivity index (χ4v) is 2.41. The lowest BCUT2D eigenvalue weighted by atomic mass is 10.2. The molecule has 0 aliphatic carbocycles. The van der Waals surface area contributed by atoms with E-state index < -0.39 is 0 Å². The van der Waals surface area contributed by atoms with Crippen LogP contribution in [0.25, 0.3) is 5.69 Å². The normalized spacial score (nSPS) is 10.2. The molecule has 0 fully saturated rings. The van der Waals surface area contributed by atoms with E-state index in [2.05, 4.69) is 5.32 Å². The first-order chi connectivity index (χ1) is 11.7. The molecule has 1 N–H and O–H groups in total. The Balaban J connectivity index is 1.75. The highest BCUT2D eigenvalue weighted by atomic mass is 16.5. The first-order valence-corrected chi connectivity index (χ1v) is 7.48. The van der Waals surface area contributed by atoms with Gasteiger partial charge < -0.3 is 19.4 Å². The summed E-state index contributed by atoms with van der Waals surface area (Å²) >= 11 is 0. The molecule has 0 saturated heterocycles. The number of nitrogens with one attached hydrogen (secondary N) is 1. The van der Waals surface area contributed by atoms with E-state index in [4.69, 9.17) is 9.47 Å². The van der Waals surface area contributed by atoms with Crippen LogP contribution in [0.15, 0.2) is 67.0 Å². The molecule has 24 heavy (non-hydrogen) atoms. The van der Waals surface area contributed by atoms with Crippen LogP contribution in [-0.2, 0) is 0 Å². The fourth-order valence-electron chi connectivity index (χ4n) is 2.41. The number of carbonyl (C=O) groups is 1. The van der Waals surface area contributed by atoms with Crippen LogP contribution in [-0.4, -0.2) is 24.7 Å². The van der Waals surface area contributed by atoms with Crippen LogP contribution in [0.5, 0.6) is 11.5 Å². The Kier molecular flexibility index (Phi) is 4.52. The van der Waals surface area contributed by atoms with Crippen molar-refractivity contribution in [3.63, 3.8) is 0 Å². The molecule has 2 aromatic carbocycles. The van der Waals surface area contributed by atoms with Crippen molar-refractivity contribution in [2.75, 3.05) is 19.5 Å². The lowest BCUT2D eigenvalue weighted by Gasteiger charge is -2.11. The van der Waals surface area contributed by atoms with Crippen molar-refractivity contribution in [1.82, 2.24) is 4.57 Å². The standard InChI is InChI=1S/C19H18N2O3/c1-23-17-10-7-15(13-18(17)24-2)20-19(22)14-5-8-16(9-6-14)21-11-3-4-12-21/h3-13H,1-2H3,(H,20,22). The maximum absolute atomic E-state index is 12.4. The van der Waals surface area contributed by atoms with Crippen molar-refractivity contribution >= 4 is 11.6 Å². The van der Waals surface area contributed by atoms with E-state index in [0.29, 0.717) is 22.7 Å². The van der Waals surface area contributed by atoms with Crippen molar-refractivity contribution in [3.8, 4) is 17.2 Å². The minimum atomic E-state index is -0.179. The predicted octanol–water partition coefficient (Wildman–Crippen LogP) is 3.75. The average molecular weight is 322 g/mol. The van der Waals surface area contributed by atoms with Crippen molar-refractivity contribution in [3.05, 3.63) is 72.6 Å². The zero-order chi connectivity index (χ0) is 16.9. The second kappa shape index (κ2) is 6.91. The molecule has 0 aliphatic rings. The monoisotopic (exact) mass is 322 g/mol. The summed E-state index contributed by atoms with van der Waals surface area (Å²) in [4.78, 5) is 12.4. The summed E-state index contributed by atoms with van der Waals surface area (Å²) in [5.74, 6) is 1.01. The number of carbonyl (C=O) groups excluding carboxylic acids is 1. The van der Waals surface area contributed by atoms with Crippen molar-refractivity contribution in [1.29, 1.82) is 0 Å². The number of rotatable bonds is 5. The quantitative estimate of drug-likeness (QED) is 0.778. The summed E-state index contributed by atoms with van der Waals surface area (Å²) in [5.41, 5.74) is 2.23. The maximum Gasteiger partial charge on any atom is 0.255 e. The molecular weight excluding hydrogens is 304 g/mol. The van der Waals surface area contributed by atoms with Crippen LogP contribution in [0.4, 0.5) is 5.69 Å². The Hall–Kier alpha value is -3.21. The van der Waals surface area contributed by atoms with E-state index >= 15 is 0 Å². The highest BCUT2D eigenvalue weighted by Gasteiger charge is 2.09. The smallest absolute Gasteiger partial charge is 0.255 e. The Morgan fingerprint density at radius 3 is 2.21 bits per heavy atom. The zero-order valence-corrected chi connectivity index (χ0v) is 13.5. The molecule has 0 saturated carbocycles. The van der Waals surface area contributed by atoms with Gasteiger partial charge in [-0.25, -0.2) is 0 Å². The molecule has 5 heteroatoms. The molecule has 0 radical (unpaired) electrons. The number of benzene rings is 2. The molecule has 1 amide bonds. The maximum atomic E-state index is 12.4. The molecule has 0 bridgehead atoms. The van der Waals surface area contributed by atoms with Crippen LogP contribution >= 0.6 is 0 Å². The summed E-state index contributed by atoms with van der Waals surface area (Å²) in [7, 11) is 3.13. The zero-order valence-electron chi connectivity index (χ0n) is 13.5. The highest BCUT2D eigenvalue weighted by Crippen LogP contribution is 2.29. The van der Waals surface area contributed by atoms with E-state index in [1.165, 1.54) is 0 Å².